The summed E-state index contributed by atoms with van der Waals surface area (Å²) in [6.07, 6.45) is 1.82. The van der Waals surface area contributed by atoms with E-state index in [1.165, 1.54) is 0 Å². The van der Waals surface area contributed by atoms with Gasteiger partial charge in [-0.15, -0.1) is 0 Å². The van der Waals surface area contributed by atoms with Crippen LogP contribution in [0.25, 0.3) is 0 Å². The van der Waals surface area contributed by atoms with Crippen molar-refractivity contribution in [2.45, 2.75) is 6.04 Å². The molecule has 0 radical (unpaired) electrons. The van der Waals surface area contributed by atoms with Gasteiger partial charge in [-0.25, -0.2) is 0 Å². The molecule has 1 aromatic heterocycles. The van der Waals surface area contributed by atoms with Crippen molar-refractivity contribution < 1.29 is 9.53 Å². The maximum Gasteiger partial charge on any atom is 0.251 e. The van der Waals surface area contributed by atoms with Gasteiger partial charge >= 0.3 is 0 Å². The summed E-state index contributed by atoms with van der Waals surface area (Å²) in [5.74, 6) is 1.15. The van der Waals surface area contributed by atoms with Gasteiger partial charge < -0.3 is 15.4 Å². The topological polar surface area (TPSA) is 68.2 Å². The number of carbonyl (C=O) groups is 1. The van der Waals surface area contributed by atoms with Crippen molar-refractivity contribution in [1.82, 2.24) is 9.78 Å². The molecule has 3 aromatic rings. The quantitative estimate of drug-likeness (QED) is 0.725. The van der Waals surface area contributed by atoms with Crippen molar-refractivity contribution in [2.75, 3.05) is 17.7 Å². The highest BCUT2D eigenvalue weighted by Crippen LogP contribution is 2.22. The molecular weight excluding hydrogens is 316 g/mol. The highest BCUT2D eigenvalue weighted by Gasteiger charge is 2.21. The number of hydrogen-bond donors (Lipinski definition) is 2. The Morgan fingerprint density at radius 3 is 2.60 bits per heavy atom. The molecule has 0 saturated carbocycles. The van der Waals surface area contributed by atoms with Crippen LogP contribution in [0.2, 0.25) is 0 Å². The van der Waals surface area contributed by atoms with Crippen molar-refractivity contribution in [3.63, 3.8) is 0 Å². The number of amides is 1. The number of nitrogens with one attached hydrogen (secondary N) is 2. The third-order valence-electron chi connectivity index (χ3n) is 3.74. The van der Waals surface area contributed by atoms with E-state index in [4.69, 9.17) is 4.74 Å². The summed E-state index contributed by atoms with van der Waals surface area (Å²) in [5, 5.41) is 10.4. The van der Waals surface area contributed by atoms with Gasteiger partial charge in [-0.1, -0.05) is 36.4 Å². The molecule has 1 atom stereocenters. The zero-order valence-corrected chi connectivity index (χ0v) is 14.1. The smallest absolute Gasteiger partial charge is 0.251 e. The fourth-order valence-electron chi connectivity index (χ4n) is 2.50. The van der Waals surface area contributed by atoms with Gasteiger partial charge in [0.25, 0.3) is 5.91 Å². The maximum atomic E-state index is 12.9. The number of rotatable bonds is 6. The SMILES string of the molecule is COc1cccc(NC(=O)C(Nc2ccn(C)n2)c2ccccc2)c1. The van der Waals surface area contributed by atoms with Gasteiger partial charge in [0.05, 0.1) is 7.11 Å². The zero-order chi connectivity index (χ0) is 17.6. The fourth-order valence-corrected chi connectivity index (χ4v) is 2.50. The summed E-state index contributed by atoms with van der Waals surface area (Å²) in [4.78, 5) is 12.9. The Bertz CT molecular complexity index is 845. The molecule has 1 unspecified atom stereocenters. The third-order valence-corrected chi connectivity index (χ3v) is 3.74. The Morgan fingerprint density at radius 1 is 1.12 bits per heavy atom. The van der Waals surface area contributed by atoms with Crippen LogP contribution in [0, 0.1) is 0 Å². The fraction of sp³-hybridized carbons (Fsp3) is 0.158. The number of aromatic nitrogens is 2. The Hall–Kier alpha value is -3.28. The van der Waals surface area contributed by atoms with Gasteiger partial charge in [0.2, 0.25) is 0 Å². The molecule has 6 nitrogen and oxygen atoms in total. The highest BCUT2D eigenvalue weighted by molar-refractivity contribution is 5.97. The lowest BCUT2D eigenvalue weighted by Gasteiger charge is -2.19. The molecule has 128 valence electrons. The number of anilines is 2. The van der Waals surface area contributed by atoms with Gasteiger partial charge in [0.15, 0.2) is 0 Å². The van der Waals surface area contributed by atoms with E-state index in [0.29, 0.717) is 17.3 Å². The molecule has 0 bridgehead atoms. The molecule has 2 aromatic carbocycles. The molecule has 0 saturated heterocycles. The Kier molecular flexibility index (Phi) is 4.99. The van der Waals surface area contributed by atoms with Gasteiger partial charge in [-0.2, -0.15) is 5.10 Å². The van der Waals surface area contributed by atoms with Crippen molar-refractivity contribution in [3.05, 3.63) is 72.4 Å². The lowest BCUT2D eigenvalue weighted by molar-refractivity contribution is -0.117. The second-order valence-corrected chi connectivity index (χ2v) is 5.58. The average molecular weight is 336 g/mol. The normalized spacial score (nSPS) is 11.6. The Morgan fingerprint density at radius 2 is 1.92 bits per heavy atom. The number of methoxy groups -OCH3 is 1. The van der Waals surface area contributed by atoms with Crippen LogP contribution in [0.4, 0.5) is 11.5 Å². The summed E-state index contributed by atoms with van der Waals surface area (Å²) >= 11 is 0. The first-order valence-corrected chi connectivity index (χ1v) is 7.92. The molecule has 6 heteroatoms. The molecule has 25 heavy (non-hydrogen) atoms. The van der Waals surface area contributed by atoms with Gasteiger partial charge in [0.1, 0.15) is 17.6 Å². The van der Waals surface area contributed by atoms with E-state index < -0.39 is 6.04 Å². The molecule has 1 heterocycles. The second-order valence-electron chi connectivity index (χ2n) is 5.58. The average Bonchev–Trinajstić information content (AvgIpc) is 3.05. The maximum absolute atomic E-state index is 12.9. The summed E-state index contributed by atoms with van der Waals surface area (Å²) in [7, 11) is 3.43. The molecule has 1 amide bonds. The molecule has 0 aliphatic rings. The number of nitrogens with zero attached hydrogens (tertiary/aromatic N) is 2. The zero-order valence-electron chi connectivity index (χ0n) is 14.1. The summed E-state index contributed by atoms with van der Waals surface area (Å²) in [6.45, 7) is 0. The summed E-state index contributed by atoms with van der Waals surface area (Å²) < 4.78 is 6.89. The van der Waals surface area contributed by atoms with E-state index in [-0.39, 0.29) is 5.91 Å². The lowest BCUT2D eigenvalue weighted by Crippen LogP contribution is -2.27. The van der Waals surface area contributed by atoms with Crippen LogP contribution < -0.4 is 15.4 Å². The second kappa shape index (κ2) is 7.53. The minimum Gasteiger partial charge on any atom is -0.497 e. The van der Waals surface area contributed by atoms with Crippen molar-refractivity contribution in [1.29, 1.82) is 0 Å². The van der Waals surface area contributed by atoms with Crippen LogP contribution in [0.15, 0.2) is 66.9 Å². The number of hydrogen-bond acceptors (Lipinski definition) is 4. The van der Waals surface area contributed by atoms with E-state index in [1.54, 1.807) is 17.9 Å². The predicted molar refractivity (Wildman–Crippen MR) is 97.6 cm³/mol. The largest absolute Gasteiger partial charge is 0.497 e. The van der Waals surface area contributed by atoms with Gasteiger partial charge in [-0.3, -0.25) is 9.48 Å². The monoisotopic (exact) mass is 336 g/mol. The molecule has 0 spiro atoms. The van der Waals surface area contributed by atoms with Crippen LogP contribution in [-0.4, -0.2) is 22.8 Å². The first kappa shape index (κ1) is 16.6. The van der Waals surface area contributed by atoms with Crippen LogP contribution in [0.5, 0.6) is 5.75 Å². The van der Waals surface area contributed by atoms with Crippen LogP contribution >= 0.6 is 0 Å². The summed E-state index contributed by atoms with van der Waals surface area (Å²) in [5.41, 5.74) is 1.53. The van der Waals surface area contributed by atoms with Crippen LogP contribution in [0.1, 0.15) is 11.6 Å². The molecule has 3 rings (SSSR count). The van der Waals surface area contributed by atoms with Gasteiger partial charge in [-0.05, 0) is 17.7 Å². The summed E-state index contributed by atoms with van der Waals surface area (Å²) in [6, 6.07) is 18.1. The van der Waals surface area contributed by atoms with Crippen molar-refractivity contribution in [2.24, 2.45) is 7.05 Å². The highest BCUT2D eigenvalue weighted by atomic mass is 16.5. The molecular formula is C19H20N4O2. The van der Waals surface area contributed by atoms with Crippen molar-refractivity contribution >= 4 is 17.4 Å². The number of benzene rings is 2. The number of ether oxygens (including phenoxy) is 1. The lowest BCUT2D eigenvalue weighted by atomic mass is 10.1. The molecule has 0 fully saturated rings. The first-order chi connectivity index (χ1) is 12.2. The van der Waals surface area contributed by atoms with E-state index in [2.05, 4.69) is 15.7 Å². The van der Waals surface area contributed by atoms with Crippen LogP contribution in [-0.2, 0) is 11.8 Å². The van der Waals surface area contributed by atoms with Crippen molar-refractivity contribution in [3.8, 4) is 5.75 Å². The standard InChI is InChI=1S/C19H20N4O2/c1-23-12-11-17(22-23)21-18(14-7-4-3-5-8-14)19(24)20-15-9-6-10-16(13-15)25-2/h3-13,18H,1-2H3,(H,20,24)(H,21,22). The number of carbonyl (C=O) groups excluding carboxylic acids is 1. The molecule has 0 aliphatic carbocycles. The minimum absolute atomic E-state index is 0.176. The Balaban J connectivity index is 1.83. The van der Waals surface area contributed by atoms with E-state index >= 15 is 0 Å². The number of aryl methyl sites for hydroxylation is 1. The minimum atomic E-state index is -0.567. The third kappa shape index (κ3) is 4.17. The predicted octanol–water partition coefficient (Wildman–Crippen LogP) is 3.22. The Labute approximate surface area is 146 Å². The first-order valence-electron chi connectivity index (χ1n) is 7.92. The van der Waals surface area contributed by atoms with Crippen LogP contribution in [0.3, 0.4) is 0 Å². The molecule has 0 aliphatic heterocycles. The van der Waals surface area contributed by atoms with E-state index in [0.717, 1.165) is 5.56 Å². The molecule has 2 N–H and O–H groups in total. The van der Waals surface area contributed by atoms with E-state index in [1.807, 2.05) is 67.8 Å². The van der Waals surface area contributed by atoms with Gasteiger partial charge in [0, 0.05) is 31.1 Å². The van der Waals surface area contributed by atoms with E-state index in [9.17, 15) is 4.79 Å².